The van der Waals surface area contributed by atoms with Crippen molar-refractivity contribution in [2.45, 2.75) is 39.7 Å². The van der Waals surface area contributed by atoms with Crippen LogP contribution in [-0.2, 0) is 14.4 Å². The Morgan fingerprint density at radius 1 is 1.42 bits per heavy atom. The van der Waals surface area contributed by atoms with E-state index >= 15 is 0 Å². The van der Waals surface area contributed by atoms with Gasteiger partial charge in [-0.3, -0.25) is 14.4 Å². The number of carbonyl (C=O) groups excluding carboxylic acids is 2. The van der Waals surface area contributed by atoms with Crippen molar-refractivity contribution < 1.29 is 19.5 Å². The van der Waals surface area contributed by atoms with E-state index in [1.54, 1.807) is 11.8 Å². The molecule has 2 N–H and O–H groups in total. The summed E-state index contributed by atoms with van der Waals surface area (Å²) < 4.78 is 0. The molecule has 1 fully saturated rings. The number of rotatable bonds is 6. The van der Waals surface area contributed by atoms with Crippen molar-refractivity contribution in [1.29, 1.82) is 0 Å². The lowest BCUT2D eigenvalue weighted by Crippen LogP contribution is -2.37. The molecule has 1 aliphatic rings. The summed E-state index contributed by atoms with van der Waals surface area (Å²) in [5.41, 5.74) is 0. The molecule has 0 aromatic carbocycles. The normalized spacial score (nSPS) is 20.7. The highest BCUT2D eigenvalue weighted by Crippen LogP contribution is 2.20. The third kappa shape index (κ3) is 4.54. The van der Waals surface area contributed by atoms with Crippen LogP contribution >= 0.6 is 0 Å². The van der Waals surface area contributed by atoms with Crippen LogP contribution in [0.2, 0.25) is 0 Å². The van der Waals surface area contributed by atoms with Gasteiger partial charge in [-0.05, 0) is 19.8 Å². The maximum atomic E-state index is 11.9. The van der Waals surface area contributed by atoms with Gasteiger partial charge in [-0.1, -0.05) is 6.92 Å². The molecule has 2 unspecified atom stereocenters. The zero-order valence-electron chi connectivity index (χ0n) is 11.7. The van der Waals surface area contributed by atoms with Gasteiger partial charge in [0.1, 0.15) is 0 Å². The first-order valence-corrected chi connectivity index (χ1v) is 6.60. The fourth-order valence-corrected chi connectivity index (χ4v) is 2.20. The molecule has 108 valence electrons. The number of carbonyl (C=O) groups is 3. The molecule has 1 rings (SSSR count). The van der Waals surface area contributed by atoms with E-state index in [1.165, 1.54) is 0 Å². The van der Waals surface area contributed by atoms with Crippen molar-refractivity contribution in [2.24, 2.45) is 11.8 Å². The molecule has 0 radical (unpaired) electrons. The Balaban J connectivity index is 2.39. The average Bonchev–Trinajstić information content (AvgIpc) is 2.67. The summed E-state index contributed by atoms with van der Waals surface area (Å²) in [6, 6.07) is 0.108. The first-order valence-electron chi connectivity index (χ1n) is 6.60. The molecule has 0 bridgehead atoms. The van der Waals surface area contributed by atoms with Crippen molar-refractivity contribution in [3.05, 3.63) is 0 Å². The Morgan fingerprint density at radius 2 is 2.05 bits per heavy atom. The van der Waals surface area contributed by atoms with Crippen molar-refractivity contribution in [1.82, 2.24) is 10.2 Å². The summed E-state index contributed by atoms with van der Waals surface area (Å²) in [6.07, 6.45) is 0.277. The quantitative estimate of drug-likeness (QED) is 0.734. The van der Waals surface area contributed by atoms with Gasteiger partial charge in [-0.25, -0.2) is 0 Å². The molecule has 1 aliphatic heterocycles. The van der Waals surface area contributed by atoms with Crippen LogP contribution in [0.1, 0.15) is 33.6 Å². The first-order chi connectivity index (χ1) is 8.81. The zero-order chi connectivity index (χ0) is 14.6. The maximum Gasteiger partial charge on any atom is 0.303 e. The molecule has 19 heavy (non-hydrogen) atoms. The van der Waals surface area contributed by atoms with Gasteiger partial charge < -0.3 is 15.3 Å². The van der Waals surface area contributed by atoms with Crippen LogP contribution in [-0.4, -0.2) is 46.9 Å². The van der Waals surface area contributed by atoms with E-state index in [9.17, 15) is 14.4 Å². The maximum absolute atomic E-state index is 11.9. The molecule has 6 heteroatoms. The number of hydrogen-bond acceptors (Lipinski definition) is 3. The predicted octanol–water partition coefficient (Wildman–Crippen LogP) is 0.470. The molecule has 0 aromatic rings. The molecular weight excluding hydrogens is 248 g/mol. The molecule has 2 amide bonds. The molecule has 2 atom stereocenters. The van der Waals surface area contributed by atoms with Gasteiger partial charge in [0.15, 0.2) is 0 Å². The van der Waals surface area contributed by atoms with E-state index in [2.05, 4.69) is 5.32 Å². The minimum Gasteiger partial charge on any atom is -0.481 e. The van der Waals surface area contributed by atoms with Crippen molar-refractivity contribution in [3.8, 4) is 0 Å². The SMILES string of the molecule is CC(CNC(=O)C1CC(=O)N(C(C)C)C1)CC(=O)O. The van der Waals surface area contributed by atoms with E-state index in [1.807, 2.05) is 13.8 Å². The molecule has 1 saturated heterocycles. The molecule has 0 spiro atoms. The van der Waals surface area contributed by atoms with Crippen LogP contribution in [0.3, 0.4) is 0 Å². The van der Waals surface area contributed by atoms with Crippen LogP contribution in [0.15, 0.2) is 0 Å². The molecule has 0 saturated carbocycles. The second kappa shape index (κ2) is 6.54. The molecule has 0 aromatic heterocycles. The minimum atomic E-state index is -0.872. The Bertz CT molecular complexity index is 368. The van der Waals surface area contributed by atoms with Gasteiger partial charge in [0, 0.05) is 32.0 Å². The Labute approximate surface area is 113 Å². The molecule has 0 aliphatic carbocycles. The van der Waals surface area contributed by atoms with E-state index in [0.29, 0.717) is 13.1 Å². The van der Waals surface area contributed by atoms with Gasteiger partial charge in [-0.2, -0.15) is 0 Å². The van der Waals surface area contributed by atoms with Crippen LogP contribution in [0.25, 0.3) is 0 Å². The van der Waals surface area contributed by atoms with E-state index in [4.69, 9.17) is 5.11 Å². The Kier molecular flexibility index (Phi) is 5.32. The van der Waals surface area contributed by atoms with Gasteiger partial charge in [0.25, 0.3) is 0 Å². The second-order valence-electron chi connectivity index (χ2n) is 5.49. The lowest BCUT2D eigenvalue weighted by molar-refractivity contribution is -0.138. The van der Waals surface area contributed by atoms with Crippen LogP contribution in [0, 0.1) is 11.8 Å². The van der Waals surface area contributed by atoms with E-state index < -0.39 is 5.97 Å². The summed E-state index contributed by atoms with van der Waals surface area (Å²) in [5, 5.41) is 11.4. The average molecular weight is 270 g/mol. The molecule has 6 nitrogen and oxygen atoms in total. The number of carboxylic acid groups (broad SMARTS) is 1. The van der Waals surface area contributed by atoms with Crippen LogP contribution < -0.4 is 5.32 Å². The second-order valence-corrected chi connectivity index (χ2v) is 5.49. The number of carboxylic acids is 1. The monoisotopic (exact) mass is 270 g/mol. The molecular formula is C13H22N2O4. The predicted molar refractivity (Wildman–Crippen MR) is 69.4 cm³/mol. The summed E-state index contributed by atoms with van der Waals surface area (Å²) in [6.45, 7) is 6.40. The van der Waals surface area contributed by atoms with E-state index in [-0.39, 0.29) is 42.5 Å². The topological polar surface area (TPSA) is 86.7 Å². The van der Waals surface area contributed by atoms with Gasteiger partial charge in [-0.15, -0.1) is 0 Å². The summed E-state index contributed by atoms with van der Waals surface area (Å²) in [7, 11) is 0. The number of nitrogens with one attached hydrogen (secondary N) is 1. The Morgan fingerprint density at radius 3 is 2.53 bits per heavy atom. The number of nitrogens with zero attached hydrogens (tertiary/aromatic N) is 1. The fourth-order valence-electron chi connectivity index (χ4n) is 2.20. The largest absolute Gasteiger partial charge is 0.481 e. The number of hydrogen-bond donors (Lipinski definition) is 2. The lowest BCUT2D eigenvalue weighted by Gasteiger charge is -2.20. The van der Waals surface area contributed by atoms with Gasteiger partial charge in [0.05, 0.1) is 5.92 Å². The smallest absolute Gasteiger partial charge is 0.303 e. The third-order valence-electron chi connectivity index (χ3n) is 3.30. The van der Waals surface area contributed by atoms with Gasteiger partial charge in [0.2, 0.25) is 11.8 Å². The van der Waals surface area contributed by atoms with Crippen LogP contribution in [0.5, 0.6) is 0 Å². The fraction of sp³-hybridized carbons (Fsp3) is 0.769. The third-order valence-corrected chi connectivity index (χ3v) is 3.30. The highest BCUT2D eigenvalue weighted by Gasteiger charge is 2.35. The summed E-state index contributed by atoms with van der Waals surface area (Å²) >= 11 is 0. The summed E-state index contributed by atoms with van der Waals surface area (Å²) in [5.74, 6) is -1.45. The lowest BCUT2D eigenvalue weighted by atomic mass is 10.1. The number of likely N-dealkylation sites (tertiary alicyclic amines) is 1. The van der Waals surface area contributed by atoms with E-state index in [0.717, 1.165) is 0 Å². The van der Waals surface area contributed by atoms with Crippen molar-refractivity contribution >= 4 is 17.8 Å². The zero-order valence-corrected chi connectivity index (χ0v) is 11.7. The van der Waals surface area contributed by atoms with Crippen molar-refractivity contribution in [2.75, 3.05) is 13.1 Å². The minimum absolute atomic E-state index is 0.00809. The highest BCUT2D eigenvalue weighted by atomic mass is 16.4. The Hall–Kier alpha value is -1.59. The summed E-state index contributed by atoms with van der Waals surface area (Å²) in [4.78, 5) is 35.8. The standard InChI is InChI=1S/C13H22N2O4/c1-8(2)15-7-10(5-11(15)16)13(19)14-6-9(3)4-12(17)18/h8-10H,4-7H2,1-3H3,(H,14,19)(H,17,18). The highest BCUT2D eigenvalue weighted by molar-refractivity contribution is 5.89. The van der Waals surface area contributed by atoms with Crippen LogP contribution in [0.4, 0.5) is 0 Å². The first kappa shape index (κ1) is 15.5. The number of aliphatic carboxylic acids is 1. The van der Waals surface area contributed by atoms with Crippen molar-refractivity contribution in [3.63, 3.8) is 0 Å². The van der Waals surface area contributed by atoms with Gasteiger partial charge >= 0.3 is 5.97 Å². The number of amides is 2. The molecule has 1 heterocycles.